The van der Waals surface area contributed by atoms with E-state index in [4.69, 9.17) is 14.2 Å². The molecule has 3 aromatic rings. The molecule has 0 spiro atoms. The monoisotopic (exact) mass is 466 g/mol. The summed E-state index contributed by atoms with van der Waals surface area (Å²) in [6.07, 6.45) is 0. The Kier molecular flexibility index (Phi) is 6.04. The summed E-state index contributed by atoms with van der Waals surface area (Å²) in [5.41, 5.74) is 0.977. The van der Waals surface area contributed by atoms with Gasteiger partial charge in [-0.25, -0.2) is 9.78 Å². The second-order valence-corrected chi connectivity index (χ2v) is 8.03. The number of hydrogen-bond donors (Lipinski definition) is 1. The molecule has 28 heavy (non-hydrogen) atoms. The largest absolute Gasteiger partial charge is 0.493 e. The first-order valence-electron chi connectivity index (χ1n) is 8.52. The molecule has 2 aromatic heterocycles. The van der Waals surface area contributed by atoms with Gasteiger partial charge in [0.15, 0.2) is 11.5 Å². The number of hydrogen-bond acceptors (Lipinski definition) is 7. The number of ether oxygens (including phenoxy) is 3. The van der Waals surface area contributed by atoms with Crippen LogP contribution < -0.4 is 15.0 Å². The quantitative estimate of drug-likeness (QED) is 0.549. The number of fused-ring (bicyclic) bond motifs is 1. The van der Waals surface area contributed by atoms with E-state index in [1.54, 1.807) is 12.1 Å². The first-order valence-corrected chi connectivity index (χ1v) is 10.1. The third-order valence-electron chi connectivity index (χ3n) is 4.18. The third kappa shape index (κ3) is 3.90. The van der Waals surface area contributed by atoms with Gasteiger partial charge in [0.2, 0.25) is 0 Å². The molecule has 0 saturated heterocycles. The van der Waals surface area contributed by atoms with Crippen LogP contribution in [-0.4, -0.2) is 29.7 Å². The topological polar surface area (TPSA) is 90.5 Å². The molecule has 0 aliphatic carbocycles. The number of carbonyl (C=O) groups is 1. The van der Waals surface area contributed by atoms with Crippen LogP contribution in [-0.2, 0) is 11.3 Å². The van der Waals surface area contributed by atoms with E-state index in [1.807, 2.05) is 20.8 Å². The first-order chi connectivity index (χ1) is 13.3. The zero-order chi connectivity index (χ0) is 20.4. The number of aromatic nitrogens is 2. The minimum Gasteiger partial charge on any atom is -0.493 e. The highest BCUT2D eigenvalue weighted by molar-refractivity contribution is 9.10. The van der Waals surface area contributed by atoms with Crippen LogP contribution in [0.3, 0.4) is 0 Å². The predicted molar refractivity (Wildman–Crippen MR) is 111 cm³/mol. The summed E-state index contributed by atoms with van der Waals surface area (Å²) in [6.45, 7) is 6.00. The van der Waals surface area contributed by atoms with Crippen molar-refractivity contribution >= 4 is 43.5 Å². The van der Waals surface area contributed by atoms with E-state index >= 15 is 0 Å². The summed E-state index contributed by atoms with van der Waals surface area (Å²) >= 11 is 4.82. The van der Waals surface area contributed by atoms with Gasteiger partial charge in [0, 0.05) is 4.88 Å². The average Bonchev–Trinajstić information content (AvgIpc) is 2.95. The highest BCUT2D eigenvalue weighted by Crippen LogP contribution is 2.37. The molecule has 0 amide bonds. The van der Waals surface area contributed by atoms with E-state index < -0.39 is 5.97 Å². The molecule has 0 unspecified atom stereocenters. The van der Waals surface area contributed by atoms with Crippen LogP contribution >= 0.6 is 27.3 Å². The van der Waals surface area contributed by atoms with Crippen LogP contribution in [0, 0.1) is 13.8 Å². The number of aryl methyl sites for hydroxylation is 2. The Balaban J connectivity index is 1.82. The molecule has 1 aromatic carbocycles. The highest BCUT2D eigenvalue weighted by Gasteiger charge is 2.17. The van der Waals surface area contributed by atoms with Gasteiger partial charge in [0.25, 0.3) is 5.56 Å². The molecule has 0 aliphatic heterocycles. The summed E-state index contributed by atoms with van der Waals surface area (Å²) in [4.78, 5) is 33.5. The van der Waals surface area contributed by atoms with Crippen LogP contribution in [0.1, 0.15) is 33.5 Å². The lowest BCUT2D eigenvalue weighted by molar-refractivity contribution is 0.0462. The number of nitrogens with zero attached hydrogens (tertiary/aromatic N) is 1. The van der Waals surface area contributed by atoms with Crippen molar-refractivity contribution in [3.63, 3.8) is 0 Å². The normalized spacial score (nSPS) is 10.9. The van der Waals surface area contributed by atoms with Gasteiger partial charge >= 0.3 is 5.97 Å². The fraction of sp³-hybridized carbons (Fsp3) is 0.316. The summed E-state index contributed by atoms with van der Waals surface area (Å²) in [6, 6.07) is 3.14. The van der Waals surface area contributed by atoms with E-state index in [9.17, 15) is 9.59 Å². The minimum absolute atomic E-state index is 0.146. The van der Waals surface area contributed by atoms with Crippen LogP contribution in [0.2, 0.25) is 0 Å². The van der Waals surface area contributed by atoms with Crippen LogP contribution in [0.15, 0.2) is 21.4 Å². The molecule has 0 bridgehead atoms. The van der Waals surface area contributed by atoms with E-state index in [1.165, 1.54) is 18.4 Å². The van der Waals surface area contributed by atoms with Crippen LogP contribution in [0.4, 0.5) is 0 Å². The van der Waals surface area contributed by atoms with Crippen molar-refractivity contribution in [2.24, 2.45) is 0 Å². The SMILES string of the molecule is CCOc1c(Br)cc(C(=O)OCc2nc3sc(C)c(C)c3c(=O)[nH]2)cc1OC. The Hall–Kier alpha value is -2.39. The predicted octanol–water partition coefficient (Wildman–Crippen LogP) is 4.13. The molecule has 2 heterocycles. The maximum Gasteiger partial charge on any atom is 0.338 e. The second kappa shape index (κ2) is 8.32. The summed E-state index contributed by atoms with van der Waals surface area (Å²) in [5.74, 6) is 0.662. The number of methoxy groups -OCH3 is 1. The Bertz CT molecular complexity index is 1110. The molecule has 0 saturated carbocycles. The molecule has 0 aliphatic rings. The zero-order valence-corrected chi connectivity index (χ0v) is 18.2. The van der Waals surface area contributed by atoms with Crippen molar-refractivity contribution in [2.75, 3.05) is 13.7 Å². The van der Waals surface area contributed by atoms with E-state index in [2.05, 4.69) is 25.9 Å². The number of thiophene rings is 1. The van der Waals surface area contributed by atoms with Gasteiger partial charge in [-0.2, -0.15) is 0 Å². The number of benzene rings is 1. The number of esters is 1. The summed E-state index contributed by atoms with van der Waals surface area (Å²) < 4.78 is 16.7. The average molecular weight is 467 g/mol. The van der Waals surface area contributed by atoms with Gasteiger partial charge in [0.1, 0.15) is 17.3 Å². The smallest absolute Gasteiger partial charge is 0.338 e. The van der Waals surface area contributed by atoms with E-state index in [0.717, 1.165) is 10.4 Å². The lowest BCUT2D eigenvalue weighted by Gasteiger charge is -2.13. The molecule has 3 rings (SSSR count). The number of H-pyrrole nitrogens is 1. The van der Waals surface area contributed by atoms with E-state index in [-0.39, 0.29) is 12.2 Å². The molecule has 0 atom stereocenters. The van der Waals surface area contributed by atoms with Crippen molar-refractivity contribution < 1.29 is 19.0 Å². The molecule has 0 fully saturated rings. The molecule has 7 nitrogen and oxygen atoms in total. The van der Waals surface area contributed by atoms with Crippen molar-refractivity contribution in [1.29, 1.82) is 0 Å². The van der Waals surface area contributed by atoms with Gasteiger partial charge < -0.3 is 19.2 Å². The van der Waals surface area contributed by atoms with Gasteiger partial charge in [-0.15, -0.1) is 11.3 Å². The highest BCUT2D eigenvalue weighted by atomic mass is 79.9. The van der Waals surface area contributed by atoms with Gasteiger partial charge in [-0.3, -0.25) is 4.79 Å². The number of rotatable bonds is 6. The second-order valence-electron chi connectivity index (χ2n) is 5.97. The Labute approximate surface area is 173 Å². The minimum atomic E-state index is -0.566. The lowest BCUT2D eigenvalue weighted by Crippen LogP contribution is -2.14. The Morgan fingerprint density at radius 3 is 2.75 bits per heavy atom. The first kappa shape index (κ1) is 20.3. The molecule has 9 heteroatoms. The van der Waals surface area contributed by atoms with Crippen molar-refractivity contribution in [2.45, 2.75) is 27.4 Å². The number of halogens is 1. The summed E-state index contributed by atoms with van der Waals surface area (Å²) in [5, 5.41) is 0.581. The molecule has 148 valence electrons. The molecular formula is C19H19BrN2O5S. The van der Waals surface area contributed by atoms with Crippen molar-refractivity contribution in [3.8, 4) is 11.5 Å². The Morgan fingerprint density at radius 2 is 2.07 bits per heavy atom. The van der Waals surface area contributed by atoms with Gasteiger partial charge in [-0.1, -0.05) is 0 Å². The van der Waals surface area contributed by atoms with Gasteiger partial charge in [0.05, 0.1) is 29.1 Å². The summed E-state index contributed by atoms with van der Waals surface area (Å²) in [7, 11) is 1.49. The fourth-order valence-electron chi connectivity index (χ4n) is 2.71. The van der Waals surface area contributed by atoms with Crippen LogP contribution in [0.25, 0.3) is 10.2 Å². The molecule has 1 N–H and O–H groups in total. The molecular weight excluding hydrogens is 448 g/mol. The van der Waals surface area contributed by atoms with Crippen LogP contribution in [0.5, 0.6) is 11.5 Å². The third-order valence-corrected chi connectivity index (χ3v) is 5.87. The van der Waals surface area contributed by atoms with Gasteiger partial charge in [-0.05, 0) is 54.4 Å². The standard InChI is InChI=1S/C19H19BrN2O5S/c1-5-26-16-12(20)6-11(7-13(16)25-4)19(24)27-8-14-21-17(23)15-9(2)10(3)28-18(15)22-14/h6-7H,5,8H2,1-4H3,(H,21,22,23). The number of carbonyl (C=O) groups excluding carboxylic acids is 1. The fourth-order valence-corrected chi connectivity index (χ4v) is 4.31. The number of nitrogens with one attached hydrogen (secondary N) is 1. The zero-order valence-electron chi connectivity index (χ0n) is 15.8. The maximum atomic E-state index is 12.5. The lowest BCUT2D eigenvalue weighted by atomic mass is 10.2. The maximum absolute atomic E-state index is 12.5. The molecule has 0 radical (unpaired) electrons. The Morgan fingerprint density at radius 1 is 1.32 bits per heavy atom. The van der Waals surface area contributed by atoms with E-state index in [0.29, 0.717) is 44.2 Å². The number of aromatic amines is 1. The van der Waals surface area contributed by atoms with Crippen molar-refractivity contribution in [1.82, 2.24) is 9.97 Å². The van der Waals surface area contributed by atoms with Crippen molar-refractivity contribution in [3.05, 3.63) is 48.8 Å².